The fourth-order valence-electron chi connectivity index (χ4n) is 4.38. The molecule has 0 bridgehead atoms. The van der Waals surface area contributed by atoms with Crippen LogP contribution in [-0.4, -0.2) is 42.5 Å². The minimum absolute atomic E-state index is 0.0437. The average Bonchev–Trinajstić information content (AvgIpc) is 3.08. The molecule has 0 fully saturated rings. The van der Waals surface area contributed by atoms with Gasteiger partial charge < -0.3 is 26.0 Å². The van der Waals surface area contributed by atoms with E-state index in [9.17, 15) is 9.59 Å². The number of nitrogens with zero attached hydrogens (tertiary/aromatic N) is 2. The van der Waals surface area contributed by atoms with Crippen LogP contribution < -0.4 is 26.0 Å². The van der Waals surface area contributed by atoms with Crippen molar-refractivity contribution >= 4 is 40.7 Å². The quantitative estimate of drug-likeness (QED) is 0.254. The molecule has 1 aliphatic rings. The molecule has 2 heterocycles. The summed E-state index contributed by atoms with van der Waals surface area (Å²) in [7, 11) is 3.48. The number of amides is 2. The number of nitrogens with one attached hydrogen (secondary N) is 4. The van der Waals surface area contributed by atoms with Crippen molar-refractivity contribution in [1.82, 2.24) is 20.6 Å². The number of benzene rings is 3. The molecule has 2 amide bonds. The minimum atomic E-state index is -0.177. The van der Waals surface area contributed by atoms with Gasteiger partial charge in [0.05, 0.1) is 24.9 Å². The van der Waals surface area contributed by atoms with Gasteiger partial charge in [-0.2, -0.15) is 0 Å². The first-order valence-corrected chi connectivity index (χ1v) is 12.7. The van der Waals surface area contributed by atoms with Gasteiger partial charge in [-0.15, -0.1) is 0 Å². The van der Waals surface area contributed by atoms with Crippen molar-refractivity contribution in [3.8, 4) is 17.0 Å². The number of hydrogen-bond acceptors (Lipinski definition) is 7. The highest BCUT2D eigenvalue weighted by Gasteiger charge is 2.21. The summed E-state index contributed by atoms with van der Waals surface area (Å²) in [5.41, 5.74) is 5.06. The molecule has 1 aromatic heterocycles. The fraction of sp³-hybridized carbons (Fsp3) is 0.172. The maximum atomic E-state index is 12.8. The van der Waals surface area contributed by atoms with Gasteiger partial charge in [-0.25, -0.2) is 9.97 Å². The van der Waals surface area contributed by atoms with Gasteiger partial charge in [0.15, 0.2) is 0 Å². The van der Waals surface area contributed by atoms with Crippen LogP contribution in [0.2, 0.25) is 5.02 Å². The Morgan fingerprint density at radius 3 is 2.59 bits per heavy atom. The molecule has 198 valence electrons. The number of fused-ring (bicyclic) bond motifs is 3. The van der Waals surface area contributed by atoms with E-state index in [0.717, 1.165) is 28.1 Å². The number of aromatic nitrogens is 2. The maximum Gasteiger partial charge on any atom is 0.251 e. The van der Waals surface area contributed by atoms with Crippen LogP contribution in [0.3, 0.4) is 0 Å². The number of anilines is 3. The first-order chi connectivity index (χ1) is 18.9. The van der Waals surface area contributed by atoms with Gasteiger partial charge in [0.2, 0.25) is 11.9 Å². The van der Waals surface area contributed by atoms with Crippen LogP contribution in [0.1, 0.15) is 27.5 Å². The van der Waals surface area contributed by atoms with Crippen molar-refractivity contribution in [2.75, 3.05) is 31.3 Å². The van der Waals surface area contributed by atoms with E-state index in [1.807, 2.05) is 37.4 Å². The second-order valence-electron chi connectivity index (χ2n) is 9.01. The van der Waals surface area contributed by atoms with Gasteiger partial charge in [-0.05, 0) is 67.2 Å². The smallest absolute Gasteiger partial charge is 0.251 e. The van der Waals surface area contributed by atoms with Crippen molar-refractivity contribution in [3.63, 3.8) is 0 Å². The standard InChI is InChI=1S/C29H27ClN6O3/c1-31-25(17-5-10-22(39-2)11-6-17)16-32-28(38)18-3-8-21(9-4-18)34-29-33-15-19-13-26(37)35-24-14-20(30)7-12-23(24)27(19)36-29/h3-12,14-15,25,31H,13,16H2,1-2H3,(H,32,38)(H,35,37)(H,33,34,36). The summed E-state index contributed by atoms with van der Waals surface area (Å²) in [5, 5.41) is 12.8. The highest BCUT2D eigenvalue weighted by Crippen LogP contribution is 2.34. The van der Waals surface area contributed by atoms with E-state index in [0.29, 0.717) is 34.5 Å². The number of methoxy groups -OCH3 is 1. The third-order valence-corrected chi connectivity index (χ3v) is 6.70. The number of rotatable bonds is 8. The van der Waals surface area contributed by atoms with Crippen LogP contribution >= 0.6 is 11.6 Å². The molecule has 39 heavy (non-hydrogen) atoms. The van der Waals surface area contributed by atoms with Crippen LogP contribution in [0.4, 0.5) is 17.3 Å². The molecule has 10 heteroatoms. The Labute approximate surface area is 231 Å². The topological polar surface area (TPSA) is 117 Å². The van der Waals surface area contributed by atoms with Crippen molar-refractivity contribution in [1.29, 1.82) is 0 Å². The van der Waals surface area contributed by atoms with Crippen LogP contribution in [0, 0.1) is 0 Å². The lowest BCUT2D eigenvalue weighted by molar-refractivity contribution is -0.115. The Morgan fingerprint density at radius 2 is 1.87 bits per heavy atom. The zero-order valence-corrected chi connectivity index (χ0v) is 22.2. The summed E-state index contributed by atoms with van der Waals surface area (Å²) in [4.78, 5) is 34.2. The zero-order valence-electron chi connectivity index (χ0n) is 21.4. The zero-order chi connectivity index (χ0) is 27.4. The lowest BCUT2D eigenvalue weighted by atomic mass is 10.1. The molecule has 1 aliphatic heterocycles. The van der Waals surface area contributed by atoms with Crippen molar-refractivity contribution in [2.45, 2.75) is 12.5 Å². The van der Waals surface area contributed by atoms with Crippen LogP contribution in [0.25, 0.3) is 11.3 Å². The summed E-state index contributed by atoms with van der Waals surface area (Å²) in [6.07, 6.45) is 1.81. The number of halogens is 1. The predicted octanol–water partition coefficient (Wildman–Crippen LogP) is 4.73. The number of hydrogen-bond donors (Lipinski definition) is 4. The fourth-order valence-corrected chi connectivity index (χ4v) is 4.55. The van der Waals surface area contributed by atoms with Gasteiger partial charge >= 0.3 is 0 Å². The molecule has 0 saturated carbocycles. The highest BCUT2D eigenvalue weighted by molar-refractivity contribution is 6.31. The van der Waals surface area contributed by atoms with Gasteiger partial charge in [-0.3, -0.25) is 9.59 Å². The van der Waals surface area contributed by atoms with Crippen molar-refractivity contribution in [2.24, 2.45) is 0 Å². The van der Waals surface area contributed by atoms with E-state index in [4.69, 9.17) is 16.3 Å². The van der Waals surface area contributed by atoms with E-state index >= 15 is 0 Å². The lowest BCUT2D eigenvalue weighted by Gasteiger charge is -2.18. The highest BCUT2D eigenvalue weighted by atomic mass is 35.5. The summed E-state index contributed by atoms with van der Waals surface area (Å²) in [6, 6.07) is 20.1. The SMILES string of the molecule is CNC(CNC(=O)c1ccc(Nc2ncc3c(n2)-c2ccc(Cl)cc2NC(=O)C3)cc1)c1ccc(OC)cc1. The third-order valence-electron chi connectivity index (χ3n) is 6.46. The number of likely N-dealkylation sites (N-methyl/N-ethyl adjacent to an activating group) is 1. The first kappa shape index (κ1) is 26.1. The Kier molecular flexibility index (Phi) is 7.72. The van der Waals surface area contributed by atoms with E-state index in [-0.39, 0.29) is 24.3 Å². The summed E-state index contributed by atoms with van der Waals surface area (Å²) in [6.45, 7) is 0.425. The minimum Gasteiger partial charge on any atom is -0.497 e. The number of carbonyl (C=O) groups is 2. The second kappa shape index (κ2) is 11.5. The van der Waals surface area contributed by atoms with Crippen LogP contribution in [0.15, 0.2) is 72.9 Å². The normalized spacial score (nSPS) is 12.8. The Bertz CT molecular complexity index is 1510. The average molecular weight is 543 g/mol. The van der Waals surface area contributed by atoms with E-state index in [2.05, 4.69) is 31.2 Å². The molecule has 0 spiro atoms. The van der Waals surface area contributed by atoms with Gasteiger partial charge in [0.1, 0.15) is 5.75 Å². The first-order valence-electron chi connectivity index (χ1n) is 12.4. The molecule has 1 unspecified atom stereocenters. The Hall–Kier alpha value is -4.47. The Morgan fingerprint density at radius 1 is 1.10 bits per heavy atom. The molecular weight excluding hydrogens is 516 g/mol. The molecule has 9 nitrogen and oxygen atoms in total. The lowest BCUT2D eigenvalue weighted by Crippen LogP contribution is -2.33. The van der Waals surface area contributed by atoms with Crippen molar-refractivity contribution in [3.05, 3.63) is 94.6 Å². The Balaban J connectivity index is 1.26. The molecule has 0 saturated heterocycles. The molecule has 4 aromatic rings. The predicted molar refractivity (Wildman–Crippen MR) is 152 cm³/mol. The molecular formula is C29H27ClN6O3. The third kappa shape index (κ3) is 6.00. The van der Waals surface area contributed by atoms with Gasteiger partial charge in [0.25, 0.3) is 5.91 Å². The largest absolute Gasteiger partial charge is 0.497 e. The molecule has 3 aromatic carbocycles. The second-order valence-corrected chi connectivity index (χ2v) is 9.45. The monoisotopic (exact) mass is 542 g/mol. The van der Waals surface area contributed by atoms with Crippen LogP contribution in [-0.2, 0) is 11.2 Å². The summed E-state index contributed by atoms with van der Waals surface area (Å²) >= 11 is 6.13. The number of carbonyl (C=O) groups excluding carboxylic acids is 2. The molecule has 4 N–H and O–H groups in total. The van der Waals surface area contributed by atoms with Crippen molar-refractivity contribution < 1.29 is 14.3 Å². The molecule has 0 radical (unpaired) electrons. The molecule has 1 atom stereocenters. The number of ether oxygens (including phenoxy) is 1. The molecule has 5 rings (SSSR count). The van der Waals surface area contributed by atoms with E-state index in [1.54, 1.807) is 49.7 Å². The molecule has 0 aliphatic carbocycles. The van der Waals surface area contributed by atoms with Gasteiger partial charge in [0, 0.05) is 46.2 Å². The maximum absolute atomic E-state index is 12.8. The summed E-state index contributed by atoms with van der Waals surface area (Å²) < 4.78 is 5.21. The van der Waals surface area contributed by atoms with E-state index in [1.165, 1.54) is 0 Å². The van der Waals surface area contributed by atoms with E-state index < -0.39 is 0 Å². The van der Waals surface area contributed by atoms with Crippen LogP contribution in [0.5, 0.6) is 5.75 Å². The van der Waals surface area contributed by atoms with Gasteiger partial charge in [-0.1, -0.05) is 23.7 Å². The summed E-state index contributed by atoms with van der Waals surface area (Å²) in [5.74, 6) is 0.825.